The lowest BCUT2D eigenvalue weighted by Gasteiger charge is -2.19. The molecule has 1 heterocycles. The van der Waals surface area contributed by atoms with Gasteiger partial charge < -0.3 is 14.7 Å². The summed E-state index contributed by atoms with van der Waals surface area (Å²) in [5, 5.41) is 9.10. The molecule has 0 spiro atoms. The third-order valence-electron chi connectivity index (χ3n) is 7.12. The molecule has 3 rings (SSSR count). The van der Waals surface area contributed by atoms with Gasteiger partial charge in [-0.2, -0.15) is 0 Å². The zero-order chi connectivity index (χ0) is 26.5. The minimum Gasteiger partial charge on any atom is -0.492 e. The maximum atomic E-state index is 12.6. The van der Waals surface area contributed by atoms with Gasteiger partial charge in [0.2, 0.25) is 5.91 Å². The van der Waals surface area contributed by atoms with Crippen LogP contribution in [0.15, 0.2) is 42.5 Å². The molecule has 0 atom stereocenters. The van der Waals surface area contributed by atoms with Gasteiger partial charge >= 0.3 is 5.97 Å². The zero-order valence-corrected chi connectivity index (χ0v) is 22.7. The van der Waals surface area contributed by atoms with Gasteiger partial charge in [0.05, 0.1) is 0 Å². The van der Waals surface area contributed by atoms with Gasteiger partial charge in [0, 0.05) is 38.5 Å². The van der Waals surface area contributed by atoms with Gasteiger partial charge in [-0.1, -0.05) is 62.9 Å². The summed E-state index contributed by atoms with van der Waals surface area (Å²) in [5.41, 5.74) is 4.08. The van der Waals surface area contributed by atoms with Gasteiger partial charge in [-0.25, -0.2) is 0 Å². The quantitative estimate of drug-likeness (QED) is 0.275. The number of carboxylic acids is 1. The molecule has 1 aliphatic rings. The molecule has 0 saturated carbocycles. The number of amides is 1. The molecule has 37 heavy (non-hydrogen) atoms. The number of hydrogen-bond acceptors (Lipinski definition) is 4. The fourth-order valence-electron chi connectivity index (χ4n) is 4.89. The highest BCUT2D eigenvalue weighted by molar-refractivity contribution is 5.76. The van der Waals surface area contributed by atoms with Gasteiger partial charge in [0.25, 0.3) is 0 Å². The minimum atomic E-state index is -0.798. The average molecular weight is 509 g/mol. The van der Waals surface area contributed by atoms with E-state index in [0.717, 1.165) is 60.5 Å². The van der Waals surface area contributed by atoms with Gasteiger partial charge in [-0.05, 0) is 67.6 Å². The van der Waals surface area contributed by atoms with Gasteiger partial charge in [0.1, 0.15) is 12.4 Å². The lowest BCUT2D eigenvalue weighted by atomic mass is 9.99. The van der Waals surface area contributed by atoms with E-state index in [2.05, 4.69) is 30.0 Å². The number of aryl methyl sites for hydroxylation is 1. The second kappa shape index (κ2) is 15.4. The fraction of sp³-hybridized carbons (Fsp3) is 0.548. The van der Waals surface area contributed by atoms with E-state index in [0.29, 0.717) is 26.0 Å². The van der Waals surface area contributed by atoms with Crippen molar-refractivity contribution in [3.63, 3.8) is 0 Å². The molecule has 0 unspecified atom stereocenters. The molecule has 0 radical (unpaired) electrons. The van der Waals surface area contributed by atoms with Gasteiger partial charge in [-0.3, -0.25) is 14.5 Å². The van der Waals surface area contributed by atoms with Crippen LogP contribution in [0.1, 0.15) is 75.8 Å². The maximum Gasteiger partial charge on any atom is 0.303 e. The molecule has 1 N–H and O–H groups in total. The number of benzene rings is 2. The van der Waals surface area contributed by atoms with Crippen molar-refractivity contribution in [3.05, 3.63) is 53.6 Å². The number of carboxylic acid groups (broad SMARTS) is 1. The minimum absolute atomic E-state index is 0.0982. The highest BCUT2D eigenvalue weighted by Gasteiger charge is 2.14. The summed E-state index contributed by atoms with van der Waals surface area (Å²) in [7, 11) is 1.88. The van der Waals surface area contributed by atoms with Crippen LogP contribution < -0.4 is 4.74 Å². The Labute approximate surface area is 222 Å². The van der Waals surface area contributed by atoms with Gasteiger partial charge in [0.15, 0.2) is 0 Å². The number of rotatable bonds is 16. The lowest BCUT2D eigenvalue weighted by molar-refractivity contribution is -0.137. The van der Waals surface area contributed by atoms with Crippen molar-refractivity contribution >= 4 is 11.9 Å². The Bertz CT molecular complexity index is 1000. The molecular weight excluding hydrogens is 464 g/mol. The number of aliphatic carboxylic acids is 1. The Kier molecular flexibility index (Phi) is 12.0. The molecule has 6 heteroatoms. The topological polar surface area (TPSA) is 70.1 Å². The van der Waals surface area contributed by atoms with E-state index in [9.17, 15) is 9.59 Å². The Morgan fingerprint density at radius 3 is 2.51 bits per heavy atom. The SMILES string of the molecule is CCCCCCCC(=O)N(C)Cc1cccc(-c2ccc(CCC(=O)O)cc2OCCN2CCCC2)c1. The van der Waals surface area contributed by atoms with Crippen molar-refractivity contribution in [2.24, 2.45) is 0 Å². The molecule has 2 aromatic rings. The summed E-state index contributed by atoms with van der Waals surface area (Å²) in [6, 6.07) is 14.3. The number of nitrogens with zero attached hydrogens (tertiary/aromatic N) is 2. The Hall–Kier alpha value is -2.86. The molecule has 1 amide bonds. The van der Waals surface area contributed by atoms with Crippen LogP contribution in [0.4, 0.5) is 0 Å². The van der Waals surface area contributed by atoms with Crippen molar-refractivity contribution in [2.75, 3.05) is 33.3 Å². The standard InChI is InChI=1S/C31H44N2O4/c1-3-4-5-6-7-13-30(34)32(2)24-26-11-10-12-27(22-26)28-16-14-25(15-17-31(35)36)23-29(28)37-21-20-33-18-8-9-19-33/h10-12,14,16,22-23H,3-9,13,15,17-21,24H2,1-2H3,(H,35,36). The largest absolute Gasteiger partial charge is 0.492 e. The highest BCUT2D eigenvalue weighted by atomic mass is 16.5. The van der Waals surface area contributed by atoms with Crippen LogP contribution in [0.3, 0.4) is 0 Å². The number of likely N-dealkylation sites (tertiary alicyclic amines) is 1. The van der Waals surface area contributed by atoms with Crippen LogP contribution >= 0.6 is 0 Å². The summed E-state index contributed by atoms with van der Waals surface area (Å²) in [5.74, 6) is 0.180. The monoisotopic (exact) mass is 508 g/mol. The number of unbranched alkanes of at least 4 members (excludes halogenated alkanes) is 4. The summed E-state index contributed by atoms with van der Waals surface area (Å²) < 4.78 is 6.28. The lowest BCUT2D eigenvalue weighted by Crippen LogP contribution is -2.25. The Morgan fingerprint density at radius 2 is 1.76 bits per heavy atom. The average Bonchev–Trinajstić information content (AvgIpc) is 3.41. The maximum absolute atomic E-state index is 12.6. The molecule has 1 fully saturated rings. The zero-order valence-electron chi connectivity index (χ0n) is 22.7. The number of carbonyl (C=O) groups excluding carboxylic acids is 1. The van der Waals surface area contributed by atoms with Crippen molar-refractivity contribution in [1.82, 2.24) is 9.80 Å². The first-order valence-corrected chi connectivity index (χ1v) is 14.0. The summed E-state index contributed by atoms with van der Waals surface area (Å²) in [6.45, 7) is 6.52. The number of hydrogen-bond donors (Lipinski definition) is 1. The van der Waals surface area contributed by atoms with E-state index in [1.165, 1.54) is 32.1 Å². The summed E-state index contributed by atoms with van der Waals surface area (Å²) >= 11 is 0. The fourth-order valence-corrected chi connectivity index (χ4v) is 4.89. The summed E-state index contributed by atoms with van der Waals surface area (Å²) in [4.78, 5) is 27.9. The van der Waals surface area contributed by atoms with Crippen LogP contribution in [-0.2, 0) is 22.6 Å². The molecule has 6 nitrogen and oxygen atoms in total. The molecule has 0 aromatic heterocycles. The predicted molar refractivity (Wildman–Crippen MR) is 149 cm³/mol. The van der Waals surface area contributed by atoms with Crippen LogP contribution in [0, 0.1) is 0 Å². The smallest absolute Gasteiger partial charge is 0.303 e. The first-order chi connectivity index (χ1) is 18.0. The van der Waals surface area contributed by atoms with Crippen molar-refractivity contribution in [2.45, 2.75) is 77.7 Å². The molecule has 0 bridgehead atoms. The Morgan fingerprint density at radius 1 is 0.973 bits per heavy atom. The Balaban J connectivity index is 1.68. The second-order valence-electron chi connectivity index (χ2n) is 10.2. The molecule has 2 aromatic carbocycles. The normalized spacial score (nSPS) is 13.6. The number of carbonyl (C=O) groups is 2. The van der Waals surface area contributed by atoms with Crippen molar-refractivity contribution in [3.8, 4) is 16.9 Å². The third-order valence-corrected chi connectivity index (χ3v) is 7.12. The number of ether oxygens (including phenoxy) is 1. The van der Waals surface area contributed by atoms with E-state index in [1.54, 1.807) is 0 Å². The van der Waals surface area contributed by atoms with Crippen LogP contribution in [-0.4, -0.2) is 60.1 Å². The second-order valence-corrected chi connectivity index (χ2v) is 10.2. The third kappa shape index (κ3) is 9.84. The first kappa shape index (κ1) is 28.7. The molecule has 202 valence electrons. The van der Waals surface area contributed by atoms with E-state index in [4.69, 9.17) is 9.84 Å². The van der Waals surface area contributed by atoms with Crippen molar-refractivity contribution < 1.29 is 19.4 Å². The molecule has 0 aliphatic carbocycles. The van der Waals surface area contributed by atoms with E-state index < -0.39 is 5.97 Å². The van der Waals surface area contributed by atoms with E-state index >= 15 is 0 Å². The van der Waals surface area contributed by atoms with Crippen molar-refractivity contribution in [1.29, 1.82) is 0 Å². The molecular formula is C31H44N2O4. The molecule has 1 saturated heterocycles. The van der Waals surface area contributed by atoms with Crippen LogP contribution in [0.5, 0.6) is 5.75 Å². The summed E-state index contributed by atoms with van der Waals surface area (Å²) in [6.07, 6.45) is 9.39. The van der Waals surface area contributed by atoms with Crippen LogP contribution in [0.2, 0.25) is 0 Å². The predicted octanol–water partition coefficient (Wildman–Crippen LogP) is 6.16. The van der Waals surface area contributed by atoms with Gasteiger partial charge in [-0.15, -0.1) is 0 Å². The first-order valence-electron chi connectivity index (χ1n) is 14.0. The van der Waals surface area contributed by atoms with E-state index in [1.807, 2.05) is 36.2 Å². The molecule has 1 aliphatic heterocycles. The van der Waals surface area contributed by atoms with Crippen LogP contribution in [0.25, 0.3) is 11.1 Å². The van der Waals surface area contributed by atoms with E-state index in [-0.39, 0.29) is 12.3 Å². The highest BCUT2D eigenvalue weighted by Crippen LogP contribution is 2.32.